The molecule has 232 valence electrons. The fourth-order valence-electron chi connectivity index (χ4n) is 6.84. The van der Waals surface area contributed by atoms with Crippen LogP contribution >= 0.6 is 77.2 Å². The van der Waals surface area contributed by atoms with E-state index in [2.05, 4.69) is 44.0 Å². The van der Waals surface area contributed by atoms with E-state index in [1.807, 2.05) is 0 Å². The van der Waals surface area contributed by atoms with Crippen molar-refractivity contribution in [1.29, 1.82) is 0 Å². The first-order valence-electron chi connectivity index (χ1n) is 13.6. The third-order valence-corrected chi connectivity index (χ3v) is 13.7. The third-order valence-electron chi connectivity index (χ3n) is 8.28. The topological polar surface area (TPSA) is 73.8 Å². The van der Waals surface area contributed by atoms with E-state index < -0.39 is 23.1 Å². The van der Waals surface area contributed by atoms with Crippen molar-refractivity contribution in [1.82, 2.24) is 0 Å². The molecule has 0 atom stereocenters. The molecule has 44 heavy (non-hydrogen) atoms. The lowest BCUT2D eigenvalue weighted by molar-refractivity contribution is -0.365. The molecule has 4 aromatic heterocycles. The Morgan fingerprint density at radius 3 is 0.977 bits per heavy atom. The van der Waals surface area contributed by atoms with E-state index in [1.165, 1.54) is 12.1 Å². The van der Waals surface area contributed by atoms with Crippen LogP contribution in [-0.2, 0) is 61.0 Å². The normalized spacial score (nSPS) is 24.1. The third kappa shape index (κ3) is 3.77. The average Bonchev–Trinajstić information content (AvgIpc) is 3.83. The second kappa shape index (κ2) is 10.4. The lowest BCUT2D eigenvalue weighted by atomic mass is 9.85. The maximum Gasteiger partial charge on any atom is 0.257 e. The summed E-state index contributed by atoms with van der Waals surface area (Å²) < 4.78 is 78.0. The quantitative estimate of drug-likeness (QED) is 0.180. The molecule has 4 saturated heterocycles. The number of halogens is 4. The highest BCUT2D eigenvalue weighted by atomic mass is 79.9. The molecule has 0 aromatic carbocycles. The standard InChI is InChI=1S/C14H10Br2O4S2.C14H10F2O4S2/c2*15-9-5-7-11(21-9)12-8(6-10(16)22-12)14(19-3-4-20-14)13(7)17-1-2-18-13/h2*5-6H,1-4H2. The van der Waals surface area contributed by atoms with Crippen molar-refractivity contribution in [2.45, 2.75) is 23.1 Å². The van der Waals surface area contributed by atoms with Crippen molar-refractivity contribution in [3.63, 3.8) is 0 Å². The van der Waals surface area contributed by atoms with E-state index in [4.69, 9.17) is 37.9 Å². The Hall–Kier alpha value is -0.700. The largest absolute Gasteiger partial charge is 0.339 e. The number of hydrogen-bond acceptors (Lipinski definition) is 12. The van der Waals surface area contributed by atoms with E-state index >= 15 is 0 Å². The molecule has 0 unspecified atom stereocenters. The average molecular weight is 811 g/mol. The Kier molecular flexibility index (Phi) is 6.96. The van der Waals surface area contributed by atoms with Crippen LogP contribution in [0, 0.1) is 10.3 Å². The fourth-order valence-corrected chi connectivity index (χ4v) is 12.3. The smallest absolute Gasteiger partial charge is 0.257 e. The Labute approximate surface area is 281 Å². The number of ether oxygens (including phenoxy) is 8. The second-order valence-electron chi connectivity index (χ2n) is 10.4. The zero-order valence-electron chi connectivity index (χ0n) is 22.4. The minimum Gasteiger partial charge on any atom is -0.339 e. The van der Waals surface area contributed by atoms with Gasteiger partial charge in [-0.05, 0) is 56.1 Å². The maximum absolute atomic E-state index is 13.9. The molecule has 0 saturated carbocycles. The van der Waals surface area contributed by atoms with Crippen molar-refractivity contribution >= 4 is 77.2 Å². The molecule has 16 heteroatoms. The Bertz CT molecular complexity index is 1520. The van der Waals surface area contributed by atoms with Crippen LogP contribution in [0.5, 0.6) is 0 Å². The van der Waals surface area contributed by atoms with Crippen LogP contribution in [0.15, 0.2) is 31.8 Å². The summed E-state index contributed by atoms with van der Waals surface area (Å²) in [4.78, 5) is 3.55. The molecule has 4 aliphatic heterocycles. The summed E-state index contributed by atoms with van der Waals surface area (Å²) in [6.45, 7) is 3.48. The first-order valence-corrected chi connectivity index (χ1v) is 18.5. The number of fused-ring (bicyclic) bond motifs is 12. The van der Waals surface area contributed by atoms with Gasteiger partial charge in [0.05, 0.1) is 79.9 Å². The van der Waals surface area contributed by atoms with Gasteiger partial charge < -0.3 is 37.9 Å². The van der Waals surface area contributed by atoms with Gasteiger partial charge in [0, 0.05) is 22.3 Å². The SMILES string of the molecule is Brc1cc2c(s1)-c1sc(Br)cc1C1(OCCO1)C21OCCO1.Fc1cc2c(s1)-c1sc(F)cc1C1(OCCO1)C21OCCO1. The first-order chi connectivity index (χ1) is 21.3. The minimum absolute atomic E-state index is 0.341. The minimum atomic E-state index is -1.37. The summed E-state index contributed by atoms with van der Waals surface area (Å²) in [6, 6.07) is 6.88. The summed E-state index contributed by atoms with van der Waals surface area (Å²) in [5.41, 5.74) is 3.02. The highest BCUT2D eigenvalue weighted by Crippen LogP contribution is 2.64. The van der Waals surface area contributed by atoms with Gasteiger partial charge in [-0.2, -0.15) is 8.78 Å². The molecule has 0 N–H and O–H groups in total. The van der Waals surface area contributed by atoms with E-state index in [1.54, 1.807) is 22.7 Å². The molecule has 0 amide bonds. The molecule has 10 rings (SSSR count). The molecule has 2 aliphatic carbocycles. The zero-order valence-corrected chi connectivity index (χ0v) is 28.8. The zero-order chi connectivity index (χ0) is 29.9. The van der Waals surface area contributed by atoms with Crippen molar-refractivity contribution in [3.8, 4) is 19.5 Å². The molecule has 0 radical (unpaired) electrons. The fraction of sp³-hybridized carbons (Fsp3) is 0.429. The lowest BCUT2D eigenvalue weighted by Gasteiger charge is -2.44. The monoisotopic (exact) mass is 808 g/mol. The first kappa shape index (κ1) is 29.4. The van der Waals surface area contributed by atoms with Gasteiger partial charge in [0.25, 0.3) is 23.1 Å². The van der Waals surface area contributed by atoms with Gasteiger partial charge in [0.2, 0.25) is 0 Å². The second-order valence-corrected chi connectivity index (χ2v) is 17.3. The summed E-state index contributed by atoms with van der Waals surface area (Å²) in [5.74, 6) is -4.79. The predicted molar refractivity (Wildman–Crippen MR) is 165 cm³/mol. The van der Waals surface area contributed by atoms with Gasteiger partial charge in [-0.1, -0.05) is 0 Å². The van der Waals surface area contributed by atoms with Crippen molar-refractivity contribution in [2.75, 3.05) is 52.9 Å². The van der Waals surface area contributed by atoms with E-state index in [9.17, 15) is 8.78 Å². The Balaban J connectivity index is 0.000000123. The summed E-state index contributed by atoms with van der Waals surface area (Å²) in [6.07, 6.45) is 0. The van der Waals surface area contributed by atoms with E-state index in [0.29, 0.717) is 73.7 Å². The van der Waals surface area contributed by atoms with Gasteiger partial charge in [0.1, 0.15) is 0 Å². The van der Waals surface area contributed by atoms with Crippen LogP contribution in [0.2, 0.25) is 0 Å². The van der Waals surface area contributed by atoms with Gasteiger partial charge in [-0.25, -0.2) is 0 Å². The number of rotatable bonds is 0. The van der Waals surface area contributed by atoms with Crippen molar-refractivity contribution in [2.24, 2.45) is 0 Å². The van der Waals surface area contributed by atoms with E-state index in [-0.39, 0.29) is 10.3 Å². The molecule has 4 spiro atoms. The highest BCUT2D eigenvalue weighted by Gasteiger charge is 2.69. The number of hydrogen-bond donors (Lipinski definition) is 0. The van der Waals surface area contributed by atoms with Crippen LogP contribution in [0.25, 0.3) is 19.5 Å². The molecule has 4 fully saturated rings. The molecule has 8 heterocycles. The Morgan fingerprint density at radius 2 is 0.682 bits per heavy atom. The molecular weight excluding hydrogens is 790 g/mol. The van der Waals surface area contributed by atoms with Crippen LogP contribution in [-0.4, -0.2) is 52.9 Å². The predicted octanol–water partition coefficient (Wildman–Crippen LogP) is 7.58. The van der Waals surface area contributed by atoms with Gasteiger partial charge in [-0.3, -0.25) is 0 Å². The van der Waals surface area contributed by atoms with Crippen LogP contribution in [0.3, 0.4) is 0 Å². The van der Waals surface area contributed by atoms with Crippen LogP contribution < -0.4 is 0 Å². The van der Waals surface area contributed by atoms with Crippen LogP contribution in [0.1, 0.15) is 22.3 Å². The van der Waals surface area contributed by atoms with Gasteiger partial charge in [-0.15, -0.1) is 45.3 Å². The molecule has 0 bridgehead atoms. The maximum atomic E-state index is 13.9. The van der Waals surface area contributed by atoms with Crippen LogP contribution in [0.4, 0.5) is 8.78 Å². The van der Waals surface area contributed by atoms with Gasteiger partial charge >= 0.3 is 0 Å². The van der Waals surface area contributed by atoms with Crippen molar-refractivity contribution in [3.05, 3.63) is 64.4 Å². The molecule has 4 aromatic rings. The lowest BCUT2D eigenvalue weighted by Crippen LogP contribution is -2.53. The number of thiophene rings is 4. The molecule has 8 nitrogen and oxygen atoms in total. The molecular formula is C28H20Br2F2O8S4. The summed E-state index contributed by atoms with van der Waals surface area (Å²) in [5, 5.41) is -0.753. The summed E-state index contributed by atoms with van der Waals surface area (Å²) >= 11 is 12.5. The Morgan fingerprint density at radius 1 is 0.432 bits per heavy atom. The molecule has 6 aliphatic rings. The highest BCUT2D eigenvalue weighted by molar-refractivity contribution is 9.11. The van der Waals surface area contributed by atoms with E-state index in [0.717, 1.165) is 51.1 Å². The van der Waals surface area contributed by atoms with Crippen molar-refractivity contribution < 1.29 is 46.7 Å². The van der Waals surface area contributed by atoms with Gasteiger partial charge in [0.15, 0.2) is 10.3 Å². The summed E-state index contributed by atoms with van der Waals surface area (Å²) in [7, 11) is 0.